The Morgan fingerprint density at radius 2 is 1.82 bits per heavy atom. The first-order chi connectivity index (χ1) is 16.2. The van der Waals surface area contributed by atoms with Crippen LogP contribution in [0.15, 0.2) is 56.9 Å². The van der Waals surface area contributed by atoms with Gasteiger partial charge in [-0.3, -0.25) is 23.4 Å². The van der Waals surface area contributed by atoms with Gasteiger partial charge in [-0.05, 0) is 43.2 Å². The van der Waals surface area contributed by atoms with Crippen molar-refractivity contribution < 1.29 is 17.9 Å². The highest BCUT2D eigenvalue weighted by molar-refractivity contribution is 7.92. The zero-order chi connectivity index (χ0) is 24.5. The third kappa shape index (κ3) is 4.56. The first-order valence-corrected chi connectivity index (χ1v) is 12.4. The molecule has 10 nitrogen and oxygen atoms in total. The molecule has 1 fully saturated rings. The highest BCUT2D eigenvalue weighted by Crippen LogP contribution is 2.22. The molecule has 0 aliphatic carbocycles. The maximum absolute atomic E-state index is 13.1. The van der Waals surface area contributed by atoms with Crippen LogP contribution in [0.1, 0.15) is 19.3 Å². The molecule has 1 aliphatic rings. The molecular formula is C23H26N4O6S. The number of nitrogens with zero attached hydrogens (tertiary/aromatic N) is 3. The highest BCUT2D eigenvalue weighted by Gasteiger charge is 2.21. The van der Waals surface area contributed by atoms with Gasteiger partial charge in [0.05, 0.1) is 28.6 Å². The molecule has 2 heterocycles. The van der Waals surface area contributed by atoms with Crippen molar-refractivity contribution in [3.05, 3.63) is 63.3 Å². The summed E-state index contributed by atoms with van der Waals surface area (Å²) in [6, 6.07) is 10.5. The molecule has 0 atom stereocenters. The first kappa shape index (κ1) is 23.6. The van der Waals surface area contributed by atoms with Crippen molar-refractivity contribution in [1.82, 2.24) is 14.0 Å². The van der Waals surface area contributed by atoms with Gasteiger partial charge < -0.3 is 9.64 Å². The van der Waals surface area contributed by atoms with Crippen LogP contribution >= 0.6 is 0 Å². The standard InChI is InChI=1S/C23H26N4O6S/c1-25-20-9-8-18(34(31,32)24-16-6-5-7-17(14-16)33-2)15-19(20)22(29)27(23(25)30)13-10-21(28)26-11-3-4-12-26/h5-9,14-15,24H,3-4,10-13H2,1-2H3. The number of fused-ring (bicyclic) bond motifs is 1. The Hall–Kier alpha value is -3.60. The highest BCUT2D eigenvalue weighted by atomic mass is 32.2. The number of nitrogens with one attached hydrogen (secondary N) is 1. The zero-order valence-electron chi connectivity index (χ0n) is 19.0. The quantitative estimate of drug-likeness (QED) is 0.541. The SMILES string of the molecule is COc1cccc(NS(=O)(=O)c2ccc3c(c2)c(=O)n(CCC(=O)N2CCCC2)c(=O)n3C)c1. The van der Waals surface area contributed by atoms with Gasteiger partial charge in [0.1, 0.15) is 5.75 Å². The summed E-state index contributed by atoms with van der Waals surface area (Å²) in [4.78, 5) is 39.9. The number of aryl methyl sites for hydroxylation is 1. The molecule has 11 heteroatoms. The number of benzene rings is 2. The van der Waals surface area contributed by atoms with E-state index in [4.69, 9.17) is 4.74 Å². The fraction of sp³-hybridized carbons (Fsp3) is 0.348. The number of hydrogen-bond acceptors (Lipinski definition) is 6. The number of sulfonamides is 1. The molecular weight excluding hydrogens is 460 g/mol. The number of carbonyl (C=O) groups excluding carboxylic acids is 1. The van der Waals surface area contributed by atoms with Crippen LogP contribution in [0.2, 0.25) is 0 Å². The van der Waals surface area contributed by atoms with Crippen molar-refractivity contribution in [2.45, 2.75) is 30.7 Å². The number of likely N-dealkylation sites (tertiary alicyclic amines) is 1. The maximum atomic E-state index is 13.1. The lowest BCUT2D eigenvalue weighted by atomic mass is 10.2. The summed E-state index contributed by atoms with van der Waals surface area (Å²) in [6.45, 7) is 1.30. The van der Waals surface area contributed by atoms with E-state index in [1.165, 1.54) is 43.0 Å². The summed E-state index contributed by atoms with van der Waals surface area (Å²) >= 11 is 0. The summed E-state index contributed by atoms with van der Waals surface area (Å²) in [6.07, 6.45) is 1.92. The fourth-order valence-corrected chi connectivity index (χ4v) is 5.17. The minimum absolute atomic E-state index is 0.0238. The molecule has 2 aromatic carbocycles. The van der Waals surface area contributed by atoms with Crippen LogP contribution in [-0.4, -0.2) is 48.6 Å². The Kier molecular flexibility index (Phi) is 6.47. The van der Waals surface area contributed by atoms with Crippen molar-refractivity contribution >= 4 is 32.5 Å². The fourth-order valence-electron chi connectivity index (χ4n) is 4.09. The molecule has 0 spiro atoms. The van der Waals surface area contributed by atoms with Crippen LogP contribution < -0.4 is 20.7 Å². The average molecular weight is 487 g/mol. The van der Waals surface area contributed by atoms with Crippen LogP contribution in [0, 0.1) is 0 Å². The molecule has 3 aromatic rings. The van der Waals surface area contributed by atoms with Crippen LogP contribution in [0.4, 0.5) is 5.69 Å². The molecule has 1 N–H and O–H groups in total. The van der Waals surface area contributed by atoms with E-state index in [0.29, 0.717) is 30.0 Å². The topological polar surface area (TPSA) is 120 Å². The molecule has 4 rings (SSSR count). The molecule has 34 heavy (non-hydrogen) atoms. The van der Waals surface area contributed by atoms with Crippen LogP contribution in [-0.2, 0) is 28.4 Å². The third-order valence-electron chi connectivity index (χ3n) is 5.96. The Labute approximate surface area is 196 Å². The number of hydrogen-bond donors (Lipinski definition) is 1. The van der Waals surface area contributed by atoms with Gasteiger partial charge in [0.25, 0.3) is 15.6 Å². The van der Waals surface area contributed by atoms with Crippen LogP contribution in [0.25, 0.3) is 10.9 Å². The maximum Gasteiger partial charge on any atom is 0.331 e. The molecule has 0 radical (unpaired) electrons. The molecule has 180 valence electrons. The molecule has 1 aromatic heterocycles. The summed E-state index contributed by atoms with van der Waals surface area (Å²) in [7, 11) is -1.04. The van der Waals surface area contributed by atoms with Gasteiger partial charge in [-0.2, -0.15) is 0 Å². The normalized spacial score (nSPS) is 13.9. The minimum atomic E-state index is -4.02. The van der Waals surface area contributed by atoms with E-state index in [-0.39, 0.29) is 29.2 Å². The van der Waals surface area contributed by atoms with Gasteiger partial charge in [0.2, 0.25) is 5.91 Å². The number of methoxy groups -OCH3 is 1. The van der Waals surface area contributed by atoms with Gasteiger partial charge in [0.15, 0.2) is 0 Å². The second-order valence-electron chi connectivity index (χ2n) is 8.15. The number of carbonyl (C=O) groups is 1. The Balaban J connectivity index is 1.68. The Morgan fingerprint density at radius 1 is 1.09 bits per heavy atom. The van der Waals surface area contributed by atoms with E-state index in [1.807, 2.05) is 0 Å². The number of aromatic nitrogens is 2. The Morgan fingerprint density at radius 3 is 2.53 bits per heavy atom. The average Bonchev–Trinajstić information content (AvgIpc) is 3.37. The number of anilines is 1. The minimum Gasteiger partial charge on any atom is -0.497 e. The van der Waals surface area contributed by atoms with E-state index in [1.54, 1.807) is 23.1 Å². The van der Waals surface area contributed by atoms with Crippen molar-refractivity contribution in [2.24, 2.45) is 7.05 Å². The van der Waals surface area contributed by atoms with Gasteiger partial charge in [0, 0.05) is 39.2 Å². The number of amides is 1. The van der Waals surface area contributed by atoms with E-state index < -0.39 is 21.3 Å². The molecule has 0 saturated carbocycles. The van der Waals surface area contributed by atoms with Gasteiger partial charge >= 0.3 is 5.69 Å². The van der Waals surface area contributed by atoms with Crippen molar-refractivity contribution in [3.63, 3.8) is 0 Å². The number of ether oxygens (including phenoxy) is 1. The van der Waals surface area contributed by atoms with E-state index in [2.05, 4.69) is 4.72 Å². The smallest absolute Gasteiger partial charge is 0.331 e. The van der Waals surface area contributed by atoms with Gasteiger partial charge in [-0.1, -0.05) is 6.07 Å². The molecule has 0 unspecified atom stereocenters. The summed E-state index contributed by atoms with van der Waals surface area (Å²) in [5, 5.41) is 0.0734. The molecule has 1 aliphatic heterocycles. The van der Waals surface area contributed by atoms with Crippen LogP contribution in [0.5, 0.6) is 5.75 Å². The first-order valence-electron chi connectivity index (χ1n) is 10.9. The van der Waals surface area contributed by atoms with Crippen molar-refractivity contribution in [1.29, 1.82) is 0 Å². The summed E-state index contributed by atoms with van der Waals surface area (Å²) < 4.78 is 35.8. The summed E-state index contributed by atoms with van der Waals surface area (Å²) in [5.74, 6) is 0.380. The predicted molar refractivity (Wildman–Crippen MR) is 128 cm³/mol. The zero-order valence-corrected chi connectivity index (χ0v) is 19.8. The van der Waals surface area contributed by atoms with Crippen LogP contribution in [0.3, 0.4) is 0 Å². The molecule has 1 saturated heterocycles. The lowest BCUT2D eigenvalue weighted by Crippen LogP contribution is -2.40. The lowest BCUT2D eigenvalue weighted by Gasteiger charge is -2.16. The largest absolute Gasteiger partial charge is 0.497 e. The number of rotatable bonds is 7. The summed E-state index contributed by atoms with van der Waals surface area (Å²) in [5.41, 5.74) is -0.585. The van der Waals surface area contributed by atoms with E-state index >= 15 is 0 Å². The van der Waals surface area contributed by atoms with E-state index in [9.17, 15) is 22.8 Å². The van der Waals surface area contributed by atoms with Gasteiger partial charge in [-0.15, -0.1) is 0 Å². The van der Waals surface area contributed by atoms with Gasteiger partial charge in [-0.25, -0.2) is 13.2 Å². The third-order valence-corrected chi connectivity index (χ3v) is 7.34. The second kappa shape index (κ2) is 9.34. The lowest BCUT2D eigenvalue weighted by molar-refractivity contribution is -0.130. The Bertz CT molecular complexity index is 1470. The monoisotopic (exact) mass is 486 g/mol. The second-order valence-corrected chi connectivity index (χ2v) is 9.84. The van der Waals surface area contributed by atoms with Crippen molar-refractivity contribution in [3.8, 4) is 5.75 Å². The predicted octanol–water partition coefficient (Wildman–Crippen LogP) is 1.52. The van der Waals surface area contributed by atoms with Crippen molar-refractivity contribution in [2.75, 3.05) is 24.9 Å². The van der Waals surface area contributed by atoms with E-state index in [0.717, 1.165) is 17.4 Å². The molecule has 1 amide bonds. The molecule has 0 bridgehead atoms.